The molecule has 2 aliphatic rings. The summed E-state index contributed by atoms with van der Waals surface area (Å²) in [4.78, 5) is 8.81. The van der Waals surface area contributed by atoms with Gasteiger partial charge in [0.15, 0.2) is 0 Å². The first-order valence-electron chi connectivity index (χ1n) is 9.88. The molecule has 2 bridgehead atoms. The number of aromatic nitrogens is 4. The van der Waals surface area contributed by atoms with Crippen LogP contribution >= 0.6 is 0 Å². The first-order valence-corrected chi connectivity index (χ1v) is 9.88. The summed E-state index contributed by atoms with van der Waals surface area (Å²) in [7, 11) is 1.85. The van der Waals surface area contributed by atoms with E-state index in [9.17, 15) is 9.50 Å². The summed E-state index contributed by atoms with van der Waals surface area (Å²) in [6.07, 6.45) is 8.58. The third-order valence-electron chi connectivity index (χ3n) is 5.88. The van der Waals surface area contributed by atoms with E-state index < -0.39 is 6.17 Å². The highest BCUT2D eigenvalue weighted by Crippen LogP contribution is 2.33. The number of hydrogen-bond donors (Lipinski definition) is 3. The van der Waals surface area contributed by atoms with Crippen molar-refractivity contribution in [2.24, 2.45) is 7.05 Å². The van der Waals surface area contributed by atoms with E-state index in [1.54, 1.807) is 29.3 Å². The number of aryl methyl sites for hydroxylation is 1. The molecule has 2 aromatic heterocycles. The fraction of sp³-hybridized carbons (Fsp3) is 0.381. The lowest BCUT2D eigenvalue weighted by Crippen LogP contribution is -2.52. The average Bonchev–Trinajstić information content (AvgIpc) is 3.33. The van der Waals surface area contributed by atoms with Crippen LogP contribution in [-0.2, 0) is 7.05 Å². The van der Waals surface area contributed by atoms with Gasteiger partial charge in [-0.25, -0.2) is 9.37 Å². The molecule has 0 aliphatic carbocycles. The molecule has 3 aromatic rings. The van der Waals surface area contributed by atoms with E-state index in [0.717, 1.165) is 30.4 Å². The number of hydrogen-bond acceptors (Lipinski definition) is 6. The number of piperidine rings is 1. The van der Waals surface area contributed by atoms with Crippen molar-refractivity contribution in [1.29, 1.82) is 0 Å². The summed E-state index contributed by atoms with van der Waals surface area (Å²) in [5.74, 6) is 0.675. The summed E-state index contributed by atoms with van der Waals surface area (Å²) in [6.45, 7) is 0. The quantitative estimate of drug-likeness (QED) is 0.631. The smallest absolute Gasteiger partial charge is 0.144 e. The van der Waals surface area contributed by atoms with Gasteiger partial charge in [0.25, 0.3) is 0 Å². The van der Waals surface area contributed by atoms with Crippen LogP contribution < -0.4 is 10.6 Å². The Hall–Kier alpha value is -3.00. The molecule has 0 amide bonds. The first-order chi connectivity index (χ1) is 14.1. The number of halogens is 1. The predicted molar refractivity (Wildman–Crippen MR) is 108 cm³/mol. The minimum absolute atomic E-state index is 0.0613. The fourth-order valence-corrected chi connectivity index (χ4v) is 4.37. The van der Waals surface area contributed by atoms with Crippen LogP contribution in [0.3, 0.4) is 0 Å². The largest absolute Gasteiger partial charge is 0.507 e. The maximum absolute atomic E-state index is 14.6. The van der Waals surface area contributed by atoms with E-state index in [4.69, 9.17) is 0 Å². The Morgan fingerprint density at radius 2 is 2.07 bits per heavy atom. The maximum Gasteiger partial charge on any atom is 0.144 e. The van der Waals surface area contributed by atoms with E-state index in [1.165, 1.54) is 0 Å². The molecule has 29 heavy (non-hydrogen) atoms. The number of phenols is 1. The number of nitrogens with zero attached hydrogens (tertiary/aromatic N) is 4. The Morgan fingerprint density at radius 1 is 1.17 bits per heavy atom. The molecule has 7 nitrogen and oxygen atoms in total. The Bertz CT molecular complexity index is 1020. The molecule has 0 unspecified atom stereocenters. The van der Waals surface area contributed by atoms with Gasteiger partial charge in [0.2, 0.25) is 0 Å². The topological polar surface area (TPSA) is 87.9 Å². The number of nitrogens with one attached hydrogen (secondary N) is 2. The molecular formula is C21H23FN6O. The third-order valence-corrected chi connectivity index (χ3v) is 5.88. The minimum atomic E-state index is -0.931. The molecule has 4 atom stereocenters. The fourth-order valence-electron chi connectivity index (χ4n) is 4.37. The highest BCUT2D eigenvalue weighted by atomic mass is 19.1. The highest BCUT2D eigenvalue weighted by Gasteiger charge is 2.41. The van der Waals surface area contributed by atoms with Crippen LogP contribution in [0.1, 0.15) is 19.3 Å². The Morgan fingerprint density at radius 3 is 2.79 bits per heavy atom. The Labute approximate surface area is 168 Å². The molecule has 5 rings (SSSR count). The number of anilines is 1. The van der Waals surface area contributed by atoms with Gasteiger partial charge < -0.3 is 15.7 Å². The molecule has 1 aromatic carbocycles. The van der Waals surface area contributed by atoms with E-state index in [2.05, 4.69) is 25.7 Å². The zero-order valence-electron chi connectivity index (χ0n) is 16.1. The molecule has 2 saturated heterocycles. The van der Waals surface area contributed by atoms with Gasteiger partial charge in [-0.15, -0.1) is 0 Å². The van der Waals surface area contributed by atoms with Crippen molar-refractivity contribution in [3.63, 3.8) is 0 Å². The predicted octanol–water partition coefficient (Wildman–Crippen LogP) is 2.89. The number of alkyl halides is 1. The van der Waals surface area contributed by atoms with Crippen molar-refractivity contribution in [1.82, 2.24) is 25.1 Å². The molecule has 2 fully saturated rings. The number of fused-ring (bicyclic) bond motifs is 2. The van der Waals surface area contributed by atoms with Gasteiger partial charge in [0.1, 0.15) is 17.7 Å². The standard InChI is InChI=1S/C21H23FN6O/c1-28-11-13(8-25-28)12-2-4-15(19(29)6-12)18-9-24-20(10-23-18)27-17-7-14-3-5-16(26-14)21(17)22/h2,4,6,8-11,14,16-17,21,26,29H,3,5,7H2,1H3,(H,24,27)/t14-,16+,17-,21+/m1/s1. The molecule has 8 heteroatoms. The van der Waals surface area contributed by atoms with Crippen LogP contribution in [0.4, 0.5) is 10.2 Å². The van der Waals surface area contributed by atoms with Crippen molar-refractivity contribution in [3.05, 3.63) is 43.0 Å². The third kappa shape index (κ3) is 3.44. The molecule has 4 heterocycles. The second kappa shape index (κ2) is 7.11. The van der Waals surface area contributed by atoms with Crippen molar-refractivity contribution in [3.8, 4) is 28.1 Å². The highest BCUT2D eigenvalue weighted by molar-refractivity contribution is 5.73. The average molecular weight is 394 g/mol. The van der Waals surface area contributed by atoms with Gasteiger partial charge in [0.05, 0.1) is 30.3 Å². The second-order valence-electron chi connectivity index (χ2n) is 7.90. The lowest BCUT2D eigenvalue weighted by atomic mass is 9.98. The summed E-state index contributed by atoms with van der Waals surface area (Å²) in [5, 5.41) is 21.2. The molecule has 3 N–H and O–H groups in total. The van der Waals surface area contributed by atoms with Gasteiger partial charge in [-0.1, -0.05) is 6.07 Å². The van der Waals surface area contributed by atoms with Crippen LogP contribution in [0, 0.1) is 0 Å². The van der Waals surface area contributed by atoms with Crippen LogP contribution in [0.2, 0.25) is 0 Å². The van der Waals surface area contributed by atoms with Crippen LogP contribution in [0.5, 0.6) is 5.75 Å². The van der Waals surface area contributed by atoms with Crippen LogP contribution in [0.15, 0.2) is 43.0 Å². The van der Waals surface area contributed by atoms with Crippen molar-refractivity contribution >= 4 is 5.82 Å². The minimum Gasteiger partial charge on any atom is -0.507 e. The van der Waals surface area contributed by atoms with Crippen molar-refractivity contribution in [2.75, 3.05) is 5.32 Å². The summed E-state index contributed by atoms with van der Waals surface area (Å²) in [6, 6.07) is 5.50. The lowest BCUT2D eigenvalue weighted by Gasteiger charge is -2.33. The van der Waals surface area contributed by atoms with Gasteiger partial charge >= 0.3 is 0 Å². The molecule has 0 spiro atoms. The molecular weight excluding hydrogens is 371 g/mol. The van der Waals surface area contributed by atoms with Gasteiger partial charge in [-0.05, 0) is 37.0 Å². The van der Waals surface area contributed by atoms with Crippen LogP contribution in [-0.4, -0.2) is 49.2 Å². The Balaban J connectivity index is 1.32. The van der Waals surface area contributed by atoms with Crippen LogP contribution in [0.25, 0.3) is 22.4 Å². The SMILES string of the molecule is Cn1cc(-c2ccc(-c3cnc(N[C@@H]4C[C@H]5CC[C@H](N5)[C@@H]4F)cn3)c(O)c2)cn1. The van der Waals surface area contributed by atoms with E-state index >= 15 is 0 Å². The van der Waals surface area contributed by atoms with Gasteiger partial charge in [0, 0.05) is 36.5 Å². The first kappa shape index (κ1) is 18.1. The van der Waals surface area contributed by atoms with E-state index in [1.807, 2.05) is 25.4 Å². The zero-order valence-corrected chi connectivity index (χ0v) is 16.1. The second-order valence-corrected chi connectivity index (χ2v) is 7.90. The lowest BCUT2D eigenvalue weighted by molar-refractivity contribution is 0.190. The normalized spacial score (nSPS) is 25.9. The molecule has 0 radical (unpaired) electrons. The Kier molecular flexibility index (Phi) is 4.43. The summed E-state index contributed by atoms with van der Waals surface area (Å²) in [5.41, 5.74) is 2.96. The molecule has 0 saturated carbocycles. The number of rotatable bonds is 4. The van der Waals surface area contributed by atoms with Crippen molar-refractivity contribution < 1.29 is 9.50 Å². The van der Waals surface area contributed by atoms with Gasteiger partial charge in [-0.3, -0.25) is 9.67 Å². The number of aromatic hydroxyl groups is 1. The van der Waals surface area contributed by atoms with Gasteiger partial charge in [-0.2, -0.15) is 5.10 Å². The van der Waals surface area contributed by atoms with Crippen molar-refractivity contribution in [2.45, 2.75) is 43.6 Å². The summed E-state index contributed by atoms with van der Waals surface area (Å²) < 4.78 is 16.3. The number of benzene rings is 1. The van der Waals surface area contributed by atoms with E-state index in [0.29, 0.717) is 23.1 Å². The zero-order chi connectivity index (χ0) is 20.0. The molecule has 150 valence electrons. The number of phenolic OH excluding ortho intramolecular Hbond substituents is 1. The maximum atomic E-state index is 14.6. The summed E-state index contributed by atoms with van der Waals surface area (Å²) >= 11 is 0. The monoisotopic (exact) mass is 394 g/mol. The molecule has 2 aliphatic heterocycles. The van der Waals surface area contributed by atoms with E-state index in [-0.39, 0.29) is 17.8 Å².